The largest absolute Gasteiger partial charge is 0.505 e. The normalized spacial score (nSPS) is 15.6. The van der Waals surface area contributed by atoms with Crippen LogP contribution in [0.3, 0.4) is 0 Å². The molecule has 0 saturated heterocycles. The van der Waals surface area contributed by atoms with Crippen LogP contribution in [0.1, 0.15) is 35.3 Å². The van der Waals surface area contributed by atoms with Crippen molar-refractivity contribution in [2.45, 2.75) is 19.4 Å². The van der Waals surface area contributed by atoms with E-state index in [1.54, 1.807) is 20.2 Å². The third kappa shape index (κ3) is 5.05. The summed E-state index contributed by atoms with van der Waals surface area (Å²) in [6.45, 7) is 1.96. The van der Waals surface area contributed by atoms with Gasteiger partial charge in [-0.3, -0.25) is 4.79 Å². The molecule has 0 radical (unpaired) electrons. The maximum Gasteiger partial charge on any atom is 0.367 e. The molecule has 0 fully saturated rings. The summed E-state index contributed by atoms with van der Waals surface area (Å²) in [7, 11) is -0.956. The molecule has 2 aromatic rings. The van der Waals surface area contributed by atoms with Crippen molar-refractivity contribution < 1.29 is 18.3 Å². The van der Waals surface area contributed by atoms with Gasteiger partial charge in [-0.2, -0.15) is 8.42 Å². The average Bonchev–Trinajstić information content (AvgIpc) is 3.01. The summed E-state index contributed by atoms with van der Waals surface area (Å²) in [6.07, 6.45) is 0.668. The molecule has 1 aliphatic rings. The number of nitrogens with zero attached hydrogens (tertiary/aromatic N) is 3. The lowest BCUT2D eigenvalue weighted by molar-refractivity contribution is 0.0824. The van der Waals surface area contributed by atoms with Crippen molar-refractivity contribution in [1.82, 2.24) is 10.2 Å². The highest BCUT2D eigenvalue weighted by atomic mass is 79.9. The van der Waals surface area contributed by atoms with Crippen molar-refractivity contribution in [3.05, 3.63) is 58.1 Å². The van der Waals surface area contributed by atoms with E-state index < -0.39 is 16.1 Å². The number of amides is 1. The van der Waals surface area contributed by atoms with Gasteiger partial charge in [-0.25, -0.2) is 0 Å². The third-order valence-corrected chi connectivity index (χ3v) is 6.05. The second-order valence-corrected chi connectivity index (χ2v) is 9.10. The van der Waals surface area contributed by atoms with Crippen LogP contribution in [0.2, 0.25) is 0 Å². The van der Waals surface area contributed by atoms with Gasteiger partial charge < -0.3 is 20.6 Å². The number of benzene rings is 2. The Morgan fingerprint density at radius 2 is 1.77 bits per heavy atom. The molecule has 1 heterocycles. The van der Waals surface area contributed by atoms with E-state index in [4.69, 9.17) is 0 Å². The first-order chi connectivity index (χ1) is 14.6. The number of hydrogen-bond donors (Lipinski definition) is 3. The van der Waals surface area contributed by atoms with Gasteiger partial charge >= 0.3 is 10.2 Å². The molecule has 3 rings (SSSR count). The van der Waals surface area contributed by atoms with E-state index >= 15 is 0 Å². The van der Waals surface area contributed by atoms with Gasteiger partial charge in [0.15, 0.2) is 17.4 Å². The summed E-state index contributed by atoms with van der Waals surface area (Å²) in [5, 5.41) is 16.6. The number of anilines is 1. The van der Waals surface area contributed by atoms with Crippen LogP contribution in [-0.2, 0) is 10.2 Å². The van der Waals surface area contributed by atoms with Crippen LogP contribution in [0.15, 0.2) is 55.7 Å². The number of phenols is 1. The van der Waals surface area contributed by atoms with E-state index in [9.17, 15) is 18.3 Å². The molecule has 0 aliphatic carbocycles. The van der Waals surface area contributed by atoms with Crippen molar-refractivity contribution in [2.24, 2.45) is 8.80 Å². The van der Waals surface area contributed by atoms with E-state index in [1.807, 2.05) is 37.3 Å². The molecule has 1 amide bonds. The molecular formula is C20H22BrN5O4S. The Bertz CT molecular complexity index is 1160. The lowest BCUT2D eigenvalue weighted by atomic mass is 10.0. The van der Waals surface area contributed by atoms with Crippen LogP contribution in [0, 0.1) is 0 Å². The zero-order valence-corrected chi connectivity index (χ0v) is 19.5. The van der Waals surface area contributed by atoms with Crippen molar-refractivity contribution >= 4 is 49.4 Å². The standard InChI is InChI=1S/C20H22BrN5O4S/c1-4-14(12-8-6-5-7-9-12)22-18-19(25-31(29,30)24-18)23-15-11-10-13(21)16(17(15)27)20(28)26(2)3/h5-11,14,27H,4H2,1-3H3,(H,22,24)(H,23,25)/t14-/m1/s1. The van der Waals surface area contributed by atoms with Crippen LogP contribution < -0.4 is 10.6 Å². The Hall–Kier alpha value is -2.92. The summed E-state index contributed by atoms with van der Waals surface area (Å²) in [5.41, 5.74) is 1.12. The molecule has 9 nitrogen and oxygen atoms in total. The molecule has 164 valence electrons. The average molecular weight is 508 g/mol. The van der Waals surface area contributed by atoms with Crippen molar-refractivity contribution in [3.63, 3.8) is 0 Å². The summed E-state index contributed by atoms with van der Waals surface area (Å²) in [4.78, 5) is 13.8. The molecule has 31 heavy (non-hydrogen) atoms. The number of aromatic hydroxyl groups is 1. The number of rotatable bonds is 5. The lowest BCUT2D eigenvalue weighted by Crippen LogP contribution is -2.36. The van der Waals surface area contributed by atoms with Gasteiger partial charge in [0.05, 0.1) is 17.3 Å². The number of halogens is 1. The van der Waals surface area contributed by atoms with E-state index in [1.165, 1.54) is 11.0 Å². The predicted molar refractivity (Wildman–Crippen MR) is 124 cm³/mol. The van der Waals surface area contributed by atoms with Gasteiger partial charge in [0.1, 0.15) is 0 Å². The second kappa shape index (κ2) is 9.06. The zero-order valence-electron chi connectivity index (χ0n) is 17.1. The van der Waals surface area contributed by atoms with Gasteiger partial charge in [0, 0.05) is 18.6 Å². The molecule has 11 heteroatoms. The van der Waals surface area contributed by atoms with Crippen LogP contribution >= 0.6 is 15.9 Å². The Morgan fingerprint density at radius 1 is 1.13 bits per heavy atom. The van der Waals surface area contributed by atoms with Crippen LogP contribution in [-0.4, -0.2) is 50.1 Å². The molecule has 0 saturated carbocycles. The minimum atomic E-state index is -4.08. The number of phenolic OH excluding ortho intramolecular Hbond substituents is 1. The fourth-order valence-corrected chi connectivity index (χ4v) is 4.27. The number of hydrogen-bond acceptors (Lipinski definition) is 6. The zero-order chi connectivity index (χ0) is 22.8. The third-order valence-electron chi connectivity index (χ3n) is 4.56. The molecule has 0 unspecified atom stereocenters. The highest BCUT2D eigenvalue weighted by molar-refractivity contribution is 9.10. The maximum absolute atomic E-state index is 12.4. The molecule has 0 aromatic heterocycles. The smallest absolute Gasteiger partial charge is 0.367 e. The first-order valence-electron chi connectivity index (χ1n) is 9.39. The lowest BCUT2D eigenvalue weighted by Gasteiger charge is -2.20. The summed E-state index contributed by atoms with van der Waals surface area (Å²) >= 11 is 3.26. The Balaban J connectivity index is 1.93. The van der Waals surface area contributed by atoms with Gasteiger partial charge in [0.25, 0.3) is 5.91 Å². The number of amidine groups is 2. The second-order valence-electron chi connectivity index (χ2n) is 6.99. The molecular weight excluding hydrogens is 486 g/mol. The number of carbonyl (C=O) groups excluding carboxylic acids is 1. The fourth-order valence-electron chi connectivity index (χ4n) is 3.01. The van der Waals surface area contributed by atoms with Crippen molar-refractivity contribution in [1.29, 1.82) is 0 Å². The number of carbonyl (C=O) groups is 1. The molecule has 2 aromatic carbocycles. The molecule has 0 spiro atoms. The Kier molecular flexibility index (Phi) is 6.65. The van der Waals surface area contributed by atoms with E-state index in [0.717, 1.165) is 5.56 Å². The van der Waals surface area contributed by atoms with Crippen LogP contribution in [0.25, 0.3) is 0 Å². The monoisotopic (exact) mass is 507 g/mol. The summed E-state index contributed by atoms with van der Waals surface area (Å²) in [5.74, 6) is -0.806. The maximum atomic E-state index is 12.4. The SMILES string of the molecule is CC[C@@H](NC1=NS(=O)(=O)N=C1Nc1ccc(Br)c(C(=O)N(C)C)c1O)c1ccccc1. The van der Waals surface area contributed by atoms with Gasteiger partial charge in [-0.15, -0.1) is 8.80 Å². The highest BCUT2D eigenvalue weighted by Gasteiger charge is 2.28. The van der Waals surface area contributed by atoms with E-state index in [0.29, 0.717) is 10.9 Å². The number of nitrogens with one attached hydrogen (secondary N) is 2. The first-order valence-corrected chi connectivity index (χ1v) is 11.6. The first kappa shape index (κ1) is 22.8. The Morgan fingerprint density at radius 3 is 2.39 bits per heavy atom. The molecule has 0 bridgehead atoms. The van der Waals surface area contributed by atoms with Crippen LogP contribution in [0.5, 0.6) is 5.75 Å². The quantitative estimate of drug-likeness (QED) is 0.534. The highest BCUT2D eigenvalue weighted by Crippen LogP contribution is 2.34. The van der Waals surface area contributed by atoms with Crippen LogP contribution in [0.4, 0.5) is 5.69 Å². The minimum Gasteiger partial charge on any atom is -0.505 e. The fraction of sp³-hybridized carbons (Fsp3) is 0.250. The summed E-state index contributed by atoms with van der Waals surface area (Å²) < 4.78 is 31.9. The van der Waals surface area contributed by atoms with Crippen molar-refractivity contribution in [2.75, 3.05) is 19.4 Å². The minimum absolute atomic E-state index is 0.0264. The predicted octanol–water partition coefficient (Wildman–Crippen LogP) is 3.06. The Labute approximate surface area is 189 Å². The molecule has 1 aliphatic heterocycles. The van der Waals surface area contributed by atoms with Crippen molar-refractivity contribution in [3.8, 4) is 5.75 Å². The van der Waals surface area contributed by atoms with Gasteiger partial charge in [-0.05, 0) is 40.0 Å². The summed E-state index contributed by atoms with van der Waals surface area (Å²) in [6, 6.07) is 12.4. The van der Waals surface area contributed by atoms with Gasteiger partial charge in [0.2, 0.25) is 0 Å². The van der Waals surface area contributed by atoms with E-state index in [2.05, 4.69) is 35.4 Å². The molecule has 3 N–H and O–H groups in total. The molecule has 1 atom stereocenters. The topological polar surface area (TPSA) is 123 Å². The van der Waals surface area contributed by atoms with E-state index in [-0.39, 0.29) is 34.7 Å². The van der Waals surface area contributed by atoms with Gasteiger partial charge in [-0.1, -0.05) is 37.3 Å².